The van der Waals surface area contributed by atoms with Crippen LogP contribution in [0.2, 0.25) is 10.0 Å². The van der Waals surface area contributed by atoms with Crippen molar-refractivity contribution in [2.24, 2.45) is 4.40 Å². The van der Waals surface area contributed by atoms with Crippen molar-refractivity contribution in [1.29, 1.82) is 0 Å². The number of unbranched alkanes of at least 4 members (excludes halogenated alkanes) is 5. The van der Waals surface area contributed by atoms with E-state index >= 15 is 0 Å². The molecule has 0 bridgehead atoms. The molecule has 40 heavy (non-hydrogen) atoms. The molecule has 1 spiro atoms. The first-order valence-corrected chi connectivity index (χ1v) is 15.0. The molecule has 3 aliphatic rings. The minimum Gasteiger partial charge on any atom is -0.362 e. The Bertz CT molecular complexity index is 1310. The van der Waals surface area contributed by atoms with E-state index in [1.807, 2.05) is 17.0 Å². The maximum Gasteiger partial charge on any atom is 0.409 e. The normalized spacial score (nSPS) is 21.5. The first kappa shape index (κ1) is 29.7. The van der Waals surface area contributed by atoms with Crippen LogP contribution < -0.4 is 0 Å². The Hall–Kier alpha value is -1.81. The average molecular weight is 618 g/mol. The van der Waals surface area contributed by atoms with E-state index in [1.165, 1.54) is 19.3 Å². The molecule has 216 valence electrons. The Morgan fingerprint density at radius 3 is 2.42 bits per heavy atom. The van der Waals surface area contributed by atoms with Crippen molar-refractivity contribution in [2.75, 3.05) is 13.1 Å². The van der Waals surface area contributed by atoms with E-state index in [0.717, 1.165) is 42.5 Å². The molecule has 2 aromatic rings. The predicted octanol–water partition coefficient (Wildman–Crippen LogP) is 8.75. The number of hydrogen-bond acceptors (Lipinski definition) is 4. The highest BCUT2D eigenvalue weighted by Gasteiger charge is 2.60. The molecule has 1 unspecified atom stereocenters. The Kier molecular flexibility index (Phi) is 8.50. The van der Waals surface area contributed by atoms with Crippen molar-refractivity contribution < 1.29 is 27.1 Å². The summed E-state index contributed by atoms with van der Waals surface area (Å²) in [6.07, 6.45) is 2.13. The largest absolute Gasteiger partial charge is 0.409 e. The lowest BCUT2D eigenvalue weighted by Crippen LogP contribution is -2.61. The average Bonchev–Trinajstić information content (AvgIpc) is 3.51. The Morgan fingerprint density at radius 2 is 1.75 bits per heavy atom. The first-order chi connectivity index (χ1) is 19.0. The van der Waals surface area contributed by atoms with Gasteiger partial charge in [0, 0.05) is 12.8 Å². The van der Waals surface area contributed by atoms with Crippen LogP contribution in [0.5, 0.6) is 0 Å². The third kappa shape index (κ3) is 5.39. The molecule has 1 atom stereocenters. The third-order valence-corrected chi connectivity index (χ3v) is 9.84. The highest BCUT2D eigenvalue weighted by atomic mass is 35.5. The van der Waals surface area contributed by atoms with Crippen LogP contribution in [0.25, 0.3) is 0 Å². The maximum absolute atomic E-state index is 14.5. The van der Waals surface area contributed by atoms with Gasteiger partial charge in [0.25, 0.3) is 0 Å². The minimum atomic E-state index is -4.70. The van der Waals surface area contributed by atoms with E-state index in [4.69, 9.17) is 27.9 Å². The van der Waals surface area contributed by atoms with E-state index in [1.54, 1.807) is 6.07 Å². The van der Waals surface area contributed by atoms with Crippen molar-refractivity contribution >= 4 is 46.8 Å². The van der Waals surface area contributed by atoms with Crippen molar-refractivity contribution in [3.63, 3.8) is 0 Å². The highest BCUT2D eigenvalue weighted by molar-refractivity contribution is 7.99. The molecular formula is C29H30Cl2F4N2O2S. The van der Waals surface area contributed by atoms with Gasteiger partial charge in [-0.2, -0.15) is 13.2 Å². The fourth-order valence-corrected chi connectivity index (χ4v) is 7.15. The lowest BCUT2D eigenvalue weighted by Gasteiger charge is -2.47. The molecule has 0 N–H and O–H groups in total. The summed E-state index contributed by atoms with van der Waals surface area (Å²) < 4.78 is 65.2. The molecule has 11 heteroatoms. The van der Waals surface area contributed by atoms with E-state index < -0.39 is 38.8 Å². The van der Waals surface area contributed by atoms with Gasteiger partial charge in [0.15, 0.2) is 10.6 Å². The van der Waals surface area contributed by atoms with Gasteiger partial charge in [0.05, 0.1) is 35.5 Å². The zero-order chi connectivity index (χ0) is 28.7. The van der Waals surface area contributed by atoms with Crippen LogP contribution in [-0.4, -0.2) is 35.8 Å². The summed E-state index contributed by atoms with van der Waals surface area (Å²) in [6.45, 7) is 3.45. The topological polar surface area (TPSA) is 41.9 Å². The second-order valence-corrected chi connectivity index (χ2v) is 12.7. The maximum atomic E-state index is 14.5. The lowest BCUT2D eigenvalue weighted by molar-refractivity contribution is -0.168. The summed E-state index contributed by atoms with van der Waals surface area (Å²) in [5.74, 6) is -0.823. The number of benzene rings is 2. The Morgan fingerprint density at radius 1 is 1.07 bits per heavy atom. The van der Waals surface area contributed by atoms with Crippen molar-refractivity contribution in [2.45, 2.75) is 81.4 Å². The smallest absolute Gasteiger partial charge is 0.362 e. The van der Waals surface area contributed by atoms with Crippen LogP contribution in [-0.2, 0) is 26.5 Å². The van der Waals surface area contributed by atoms with Crippen molar-refractivity contribution in [3.05, 3.63) is 68.4 Å². The van der Waals surface area contributed by atoms with Gasteiger partial charge in [0.1, 0.15) is 5.60 Å². The van der Waals surface area contributed by atoms with E-state index in [9.17, 15) is 22.4 Å². The van der Waals surface area contributed by atoms with Gasteiger partial charge in [-0.1, -0.05) is 74.4 Å². The van der Waals surface area contributed by atoms with Gasteiger partial charge in [0.2, 0.25) is 5.91 Å². The molecule has 3 heterocycles. The molecule has 0 aromatic heterocycles. The molecule has 0 radical (unpaired) electrons. The summed E-state index contributed by atoms with van der Waals surface area (Å²) in [5, 5.41) is -0.944. The number of nitrogens with zero attached hydrogens (tertiary/aromatic N) is 2. The highest BCUT2D eigenvalue weighted by Crippen LogP contribution is 2.57. The number of carbonyl (C=O) groups is 1. The van der Waals surface area contributed by atoms with Gasteiger partial charge in [-0.05, 0) is 58.8 Å². The number of carbonyl (C=O) groups excluding carboxylic acids is 1. The van der Waals surface area contributed by atoms with Gasteiger partial charge in [-0.15, -0.1) is 0 Å². The van der Waals surface area contributed by atoms with Gasteiger partial charge < -0.3 is 9.64 Å². The quantitative estimate of drug-likeness (QED) is 0.122. The summed E-state index contributed by atoms with van der Waals surface area (Å²) in [6, 6.07) is 7.39. The van der Waals surface area contributed by atoms with Crippen molar-refractivity contribution in [3.8, 4) is 0 Å². The molecule has 1 saturated heterocycles. The number of alkyl halides is 3. The molecule has 4 nitrogen and oxygen atoms in total. The van der Waals surface area contributed by atoms with Crippen LogP contribution in [0.1, 0.15) is 80.5 Å². The van der Waals surface area contributed by atoms with Crippen LogP contribution >= 0.6 is 35.1 Å². The van der Waals surface area contributed by atoms with Gasteiger partial charge in [-0.25, -0.2) is 8.79 Å². The van der Waals surface area contributed by atoms with Crippen LogP contribution in [0.3, 0.4) is 0 Å². The molecule has 0 aliphatic carbocycles. The van der Waals surface area contributed by atoms with Gasteiger partial charge in [-0.3, -0.25) is 4.79 Å². The summed E-state index contributed by atoms with van der Waals surface area (Å²) >= 11 is 12.1. The number of ether oxygens (including phenoxy) is 1. The van der Waals surface area contributed by atoms with Crippen LogP contribution in [0.4, 0.5) is 17.6 Å². The zero-order valence-electron chi connectivity index (χ0n) is 22.1. The van der Waals surface area contributed by atoms with Crippen LogP contribution in [0.15, 0.2) is 34.7 Å². The molecule has 1 fully saturated rings. The number of amides is 1. The summed E-state index contributed by atoms with van der Waals surface area (Å²) in [7, 11) is 0. The minimum absolute atomic E-state index is 0.136. The standard InChI is InChI=1S/C29H30Cl2F4N2O2S/c1-2-3-4-5-6-7-8-25(38)37-16-27(17-37)21-10-9-18(11-19(21)15-39-27)24-14-28(40-36-24,29(33,34)35)20-12-22(30)26(32)23(31)13-20/h9-13H,2-8,14-17H2,1H3. The number of likely N-dealkylation sites (tertiary alicyclic amines) is 1. The molecule has 5 rings (SSSR count). The van der Waals surface area contributed by atoms with E-state index in [0.29, 0.717) is 43.6 Å². The molecular weight excluding hydrogens is 587 g/mol. The number of rotatable bonds is 9. The second kappa shape index (κ2) is 11.5. The fourth-order valence-electron chi connectivity index (χ4n) is 5.70. The molecule has 1 amide bonds. The Balaban J connectivity index is 1.26. The van der Waals surface area contributed by atoms with E-state index in [2.05, 4.69) is 11.3 Å². The lowest BCUT2D eigenvalue weighted by atomic mass is 9.83. The second-order valence-electron chi connectivity index (χ2n) is 10.8. The predicted molar refractivity (Wildman–Crippen MR) is 150 cm³/mol. The number of halogens is 6. The van der Waals surface area contributed by atoms with Crippen LogP contribution in [0, 0.1) is 5.82 Å². The zero-order valence-corrected chi connectivity index (χ0v) is 24.4. The van der Waals surface area contributed by atoms with Gasteiger partial charge >= 0.3 is 6.18 Å². The van der Waals surface area contributed by atoms with E-state index in [-0.39, 0.29) is 17.2 Å². The third-order valence-electron chi connectivity index (χ3n) is 8.06. The summed E-state index contributed by atoms with van der Waals surface area (Å²) in [4.78, 5) is 14.5. The van der Waals surface area contributed by atoms with Crippen molar-refractivity contribution in [1.82, 2.24) is 4.90 Å². The Labute approximate surface area is 245 Å². The first-order valence-electron chi connectivity index (χ1n) is 13.5. The number of hydrogen-bond donors (Lipinski definition) is 0. The monoisotopic (exact) mass is 616 g/mol. The number of fused-ring (bicyclic) bond motifs is 2. The fraction of sp³-hybridized carbons (Fsp3) is 0.517. The molecule has 3 aliphatic heterocycles. The molecule has 2 aromatic carbocycles. The SMILES string of the molecule is CCCCCCCCC(=O)N1CC2(C1)OCc1cc(C3=NSC(c4cc(Cl)c(F)c(Cl)c4)(C(F)(F)F)C3)ccc12. The molecule has 0 saturated carbocycles. The summed E-state index contributed by atoms with van der Waals surface area (Å²) in [5.41, 5.74) is 1.87.